The van der Waals surface area contributed by atoms with Gasteiger partial charge in [0.1, 0.15) is 11.4 Å². The molecule has 2 heterocycles. The molecule has 3 rings (SSSR count). The number of benzene rings is 1. The molecule has 2 atom stereocenters. The van der Waals surface area contributed by atoms with Gasteiger partial charge < -0.3 is 19.7 Å². The molecule has 0 spiro atoms. The number of carbonyl (C=O) groups is 3. The Hall–Kier alpha value is -3.69. The van der Waals surface area contributed by atoms with Crippen LogP contribution in [0.4, 0.5) is 20.7 Å². The number of aromatic nitrogens is 1. The van der Waals surface area contributed by atoms with Crippen LogP contribution in [0.2, 0.25) is 0 Å². The Bertz CT molecular complexity index is 1080. The van der Waals surface area contributed by atoms with Crippen molar-refractivity contribution in [2.24, 2.45) is 5.92 Å². The van der Waals surface area contributed by atoms with Gasteiger partial charge in [-0.1, -0.05) is 19.1 Å². The molecule has 35 heavy (non-hydrogen) atoms. The third-order valence-corrected chi connectivity index (χ3v) is 5.48. The van der Waals surface area contributed by atoms with Gasteiger partial charge in [-0.15, -0.1) is 0 Å². The number of rotatable bonds is 4. The van der Waals surface area contributed by atoms with Crippen LogP contribution < -0.4 is 15.4 Å². The Morgan fingerprint density at radius 3 is 2.43 bits per heavy atom. The van der Waals surface area contributed by atoms with E-state index in [1.807, 2.05) is 6.92 Å². The van der Waals surface area contributed by atoms with Crippen LogP contribution in [0.5, 0.6) is 5.75 Å². The van der Waals surface area contributed by atoms with Gasteiger partial charge in [0.25, 0.3) is 0 Å². The van der Waals surface area contributed by atoms with E-state index in [1.54, 1.807) is 32.9 Å². The van der Waals surface area contributed by atoms with E-state index in [4.69, 9.17) is 9.47 Å². The number of likely N-dealkylation sites (tertiary alicyclic amines) is 1. The van der Waals surface area contributed by atoms with E-state index in [2.05, 4.69) is 15.6 Å². The molecule has 1 aromatic heterocycles. The van der Waals surface area contributed by atoms with E-state index in [9.17, 15) is 18.8 Å². The molecular formula is C25H31FN4O5. The summed E-state index contributed by atoms with van der Waals surface area (Å²) in [5.74, 6) is -1.38. The molecule has 1 aromatic carbocycles. The van der Waals surface area contributed by atoms with E-state index in [-0.39, 0.29) is 35.0 Å². The molecule has 2 aromatic rings. The number of nitrogens with zero attached hydrogens (tertiary/aromatic N) is 2. The largest absolute Gasteiger partial charge is 0.493 e. The second-order valence-electron chi connectivity index (χ2n) is 9.56. The van der Waals surface area contributed by atoms with Gasteiger partial charge in [0.2, 0.25) is 0 Å². The molecule has 2 N–H and O–H groups in total. The maximum absolute atomic E-state index is 13.4. The summed E-state index contributed by atoms with van der Waals surface area (Å²) in [5, 5.41) is 5.05. The number of hydrogen-bond donors (Lipinski definition) is 2. The predicted octanol–water partition coefficient (Wildman–Crippen LogP) is 4.51. The number of ether oxygens (including phenoxy) is 2. The van der Waals surface area contributed by atoms with Gasteiger partial charge in [-0.25, -0.2) is 14.2 Å². The topological polar surface area (TPSA) is 110 Å². The minimum atomic E-state index is -0.831. The van der Waals surface area contributed by atoms with Gasteiger partial charge in [-0.3, -0.25) is 14.9 Å². The lowest BCUT2D eigenvalue weighted by atomic mass is 9.90. The second-order valence-corrected chi connectivity index (χ2v) is 9.56. The molecule has 1 aliphatic rings. The molecule has 3 amide bonds. The van der Waals surface area contributed by atoms with E-state index >= 15 is 0 Å². The zero-order valence-corrected chi connectivity index (χ0v) is 20.6. The summed E-state index contributed by atoms with van der Waals surface area (Å²) >= 11 is 0. The lowest BCUT2D eigenvalue weighted by molar-refractivity contribution is -0.146. The van der Waals surface area contributed by atoms with Crippen LogP contribution in [0.15, 0.2) is 36.5 Å². The van der Waals surface area contributed by atoms with Crippen molar-refractivity contribution in [1.82, 2.24) is 9.88 Å². The number of halogens is 1. The zero-order chi connectivity index (χ0) is 25.8. The molecule has 0 aliphatic carbocycles. The van der Waals surface area contributed by atoms with Crippen LogP contribution in [0, 0.1) is 11.7 Å². The van der Waals surface area contributed by atoms with Gasteiger partial charge in [0.15, 0.2) is 11.6 Å². The third-order valence-electron chi connectivity index (χ3n) is 5.48. The highest BCUT2D eigenvalue weighted by Gasteiger charge is 2.34. The summed E-state index contributed by atoms with van der Waals surface area (Å²) in [6.45, 7) is 7.63. The Kier molecular flexibility index (Phi) is 7.93. The van der Waals surface area contributed by atoms with Crippen molar-refractivity contribution >= 4 is 29.4 Å². The number of hydrogen-bond acceptors (Lipinski definition) is 6. The van der Waals surface area contributed by atoms with Crippen molar-refractivity contribution in [3.05, 3.63) is 47.9 Å². The van der Waals surface area contributed by atoms with Crippen LogP contribution in [0.1, 0.15) is 52.1 Å². The first kappa shape index (κ1) is 25.9. The number of carbonyl (C=O) groups excluding carboxylic acids is 3. The maximum Gasteiger partial charge on any atom is 0.413 e. The maximum atomic E-state index is 13.4. The summed E-state index contributed by atoms with van der Waals surface area (Å²) in [6.07, 6.45) is 2.16. The first-order valence-electron chi connectivity index (χ1n) is 11.4. The third kappa shape index (κ3) is 6.91. The van der Waals surface area contributed by atoms with Gasteiger partial charge >= 0.3 is 17.9 Å². The summed E-state index contributed by atoms with van der Waals surface area (Å²) in [7, 11) is 1.39. The highest BCUT2D eigenvalue weighted by Crippen LogP contribution is 2.34. The first-order chi connectivity index (χ1) is 16.5. The molecular weight excluding hydrogens is 455 g/mol. The monoisotopic (exact) mass is 486 g/mol. The molecule has 0 saturated carbocycles. The van der Waals surface area contributed by atoms with E-state index in [1.165, 1.54) is 36.4 Å². The quantitative estimate of drug-likeness (QED) is 0.615. The molecule has 0 unspecified atom stereocenters. The van der Waals surface area contributed by atoms with Crippen molar-refractivity contribution in [3.8, 4) is 5.75 Å². The van der Waals surface area contributed by atoms with Gasteiger partial charge in [0, 0.05) is 12.6 Å². The van der Waals surface area contributed by atoms with E-state index < -0.39 is 23.5 Å². The van der Waals surface area contributed by atoms with Crippen molar-refractivity contribution in [1.29, 1.82) is 0 Å². The number of nitrogens with one attached hydrogen (secondary N) is 2. The Balaban J connectivity index is 1.73. The predicted molar refractivity (Wildman–Crippen MR) is 129 cm³/mol. The van der Waals surface area contributed by atoms with Gasteiger partial charge in [-0.2, -0.15) is 0 Å². The number of amides is 3. The molecule has 1 saturated heterocycles. The van der Waals surface area contributed by atoms with E-state index in [0.29, 0.717) is 13.0 Å². The molecule has 0 radical (unpaired) electrons. The van der Waals surface area contributed by atoms with Gasteiger partial charge in [-0.05, 0) is 57.2 Å². The highest BCUT2D eigenvalue weighted by molar-refractivity contribution is 6.39. The average Bonchev–Trinajstić information content (AvgIpc) is 2.79. The molecule has 0 bridgehead atoms. The summed E-state index contributed by atoms with van der Waals surface area (Å²) in [6, 6.07) is 7.10. The molecule has 188 valence electrons. The fourth-order valence-electron chi connectivity index (χ4n) is 3.89. The van der Waals surface area contributed by atoms with Gasteiger partial charge in [0.05, 0.1) is 25.0 Å². The highest BCUT2D eigenvalue weighted by atomic mass is 19.1. The standard InChI is InChI=1S/C25H31FN4O5/c1-15-6-11-19(16-7-9-17(26)10-8-16)30(14-15)23(32)22(31)28-18-12-20(34-5)21(27-13-18)29-24(33)35-25(2,3)4/h7-10,12-13,15,19H,6,11,14H2,1-5H3,(H,28,31)(H,27,29,33)/t15-,19+/m0/s1. The lowest BCUT2D eigenvalue weighted by Crippen LogP contribution is -2.46. The van der Waals surface area contributed by atoms with Crippen LogP contribution in [-0.2, 0) is 14.3 Å². The van der Waals surface area contributed by atoms with Crippen molar-refractivity contribution in [2.45, 2.75) is 52.2 Å². The minimum absolute atomic E-state index is 0.104. The Morgan fingerprint density at radius 2 is 1.80 bits per heavy atom. The van der Waals surface area contributed by atoms with Crippen LogP contribution in [0.3, 0.4) is 0 Å². The lowest BCUT2D eigenvalue weighted by Gasteiger charge is -2.38. The van der Waals surface area contributed by atoms with Crippen molar-refractivity contribution < 1.29 is 28.2 Å². The van der Waals surface area contributed by atoms with Crippen molar-refractivity contribution in [3.63, 3.8) is 0 Å². The summed E-state index contributed by atoms with van der Waals surface area (Å²) < 4.78 is 23.9. The Labute approximate surface area is 204 Å². The van der Waals surface area contributed by atoms with Crippen LogP contribution in [0.25, 0.3) is 0 Å². The molecule has 1 aliphatic heterocycles. The fourth-order valence-corrected chi connectivity index (χ4v) is 3.89. The SMILES string of the molecule is COc1cc(NC(=O)C(=O)N2C[C@@H](C)CC[C@@H]2c2ccc(F)cc2)cnc1NC(=O)OC(C)(C)C. The molecule has 10 heteroatoms. The molecule has 1 fully saturated rings. The molecule has 9 nitrogen and oxygen atoms in total. The fraction of sp³-hybridized carbons (Fsp3) is 0.440. The smallest absolute Gasteiger partial charge is 0.413 e. The number of piperidine rings is 1. The summed E-state index contributed by atoms with van der Waals surface area (Å²) in [5.41, 5.74) is 0.308. The Morgan fingerprint density at radius 1 is 1.11 bits per heavy atom. The summed E-state index contributed by atoms with van der Waals surface area (Å²) in [4.78, 5) is 43.7. The number of methoxy groups -OCH3 is 1. The first-order valence-corrected chi connectivity index (χ1v) is 11.4. The normalized spacial score (nSPS) is 17.9. The average molecular weight is 487 g/mol. The number of anilines is 2. The second kappa shape index (κ2) is 10.7. The zero-order valence-electron chi connectivity index (χ0n) is 20.6. The van der Waals surface area contributed by atoms with Crippen molar-refractivity contribution in [2.75, 3.05) is 24.3 Å². The van der Waals surface area contributed by atoms with Crippen LogP contribution >= 0.6 is 0 Å². The van der Waals surface area contributed by atoms with E-state index in [0.717, 1.165) is 12.0 Å². The van der Waals surface area contributed by atoms with Crippen LogP contribution in [-0.4, -0.2) is 47.0 Å². The number of pyridine rings is 1. The minimum Gasteiger partial charge on any atom is -0.493 e.